The van der Waals surface area contributed by atoms with Crippen LogP contribution in [0.2, 0.25) is 15.1 Å². The smallest absolute Gasteiger partial charge is 0.303 e. The number of rotatable bonds is 5. The molecule has 1 aromatic rings. The van der Waals surface area contributed by atoms with E-state index in [1.54, 1.807) is 12.1 Å². The van der Waals surface area contributed by atoms with Gasteiger partial charge in [0.15, 0.2) is 0 Å². The zero-order valence-corrected chi connectivity index (χ0v) is 11.6. The third-order valence-corrected chi connectivity index (χ3v) is 3.69. The standard InChI is InChI=1S/C12H13Cl3O2/c1-2-3-7(6-10(16)17)11-8(13)4-5-9(14)12(11)15/h4-5,7H,2-3,6H2,1H3,(H,16,17). The zero-order chi connectivity index (χ0) is 13.0. The molecule has 1 aromatic carbocycles. The summed E-state index contributed by atoms with van der Waals surface area (Å²) >= 11 is 18.1. The van der Waals surface area contributed by atoms with Gasteiger partial charge in [-0.2, -0.15) is 0 Å². The molecule has 0 fully saturated rings. The molecule has 1 N–H and O–H groups in total. The van der Waals surface area contributed by atoms with Crippen molar-refractivity contribution in [2.75, 3.05) is 0 Å². The lowest BCUT2D eigenvalue weighted by atomic mass is 9.91. The van der Waals surface area contributed by atoms with Crippen LogP contribution in [0.5, 0.6) is 0 Å². The number of hydrogen-bond donors (Lipinski definition) is 1. The normalized spacial score (nSPS) is 12.5. The fourth-order valence-electron chi connectivity index (χ4n) is 1.82. The quantitative estimate of drug-likeness (QED) is 0.776. The topological polar surface area (TPSA) is 37.3 Å². The van der Waals surface area contributed by atoms with Crippen LogP contribution in [0.1, 0.15) is 37.7 Å². The molecule has 0 aliphatic rings. The number of benzene rings is 1. The Morgan fingerprint density at radius 1 is 1.29 bits per heavy atom. The fourth-order valence-corrected chi connectivity index (χ4v) is 2.67. The van der Waals surface area contributed by atoms with E-state index in [0.717, 1.165) is 6.42 Å². The van der Waals surface area contributed by atoms with Gasteiger partial charge in [-0.15, -0.1) is 0 Å². The zero-order valence-electron chi connectivity index (χ0n) is 9.34. The molecule has 0 saturated heterocycles. The van der Waals surface area contributed by atoms with Crippen LogP contribution in [0, 0.1) is 0 Å². The van der Waals surface area contributed by atoms with E-state index in [4.69, 9.17) is 39.9 Å². The lowest BCUT2D eigenvalue weighted by Gasteiger charge is -2.18. The highest BCUT2D eigenvalue weighted by atomic mass is 35.5. The van der Waals surface area contributed by atoms with Gasteiger partial charge in [0.2, 0.25) is 0 Å². The maximum absolute atomic E-state index is 10.8. The second-order valence-corrected chi connectivity index (χ2v) is 5.03. The summed E-state index contributed by atoms with van der Waals surface area (Å²) in [5.41, 5.74) is 0.644. The highest BCUT2D eigenvalue weighted by molar-refractivity contribution is 6.44. The number of carboxylic acid groups (broad SMARTS) is 1. The Balaban J connectivity index is 3.16. The minimum Gasteiger partial charge on any atom is -0.481 e. The summed E-state index contributed by atoms with van der Waals surface area (Å²) in [5.74, 6) is -1.06. The molecule has 0 heterocycles. The minimum absolute atomic E-state index is 0.00756. The molecule has 1 unspecified atom stereocenters. The van der Waals surface area contributed by atoms with E-state index in [9.17, 15) is 4.79 Å². The van der Waals surface area contributed by atoms with Crippen molar-refractivity contribution in [3.63, 3.8) is 0 Å². The van der Waals surface area contributed by atoms with Crippen LogP contribution in [0.15, 0.2) is 12.1 Å². The summed E-state index contributed by atoms with van der Waals surface area (Å²) in [6, 6.07) is 3.26. The lowest BCUT2D eigenvalue weighted by Crippen LogP contribution is -2.07. The summed E-state index contributed by atoms with van der Waals surface area (Å²) in [4.78, 5) is 10.8. The van der Waals surface area contributed by atoms with Crippen LogP contribution in [-0.4, -0.2) is 11.1 Å². The van der Waals surface area contributed by atoms with Gasteiger partial charge >= 0.3 is 5.97 Å². The van der Waals surface area contributed by atoms with Crippen LogP contribution >= 0.6 is 34.8 Å². The monoisotopic (exact) mass is 294 g/mol. The molecule has 0 saturated carbocycles. The van der Waals surface area contributed by atoms with Crippen LogP contribution < -0.4 is 0 Å². The maximum Gasteiger partial charge on any atom is 0.303 e. The molecule has 0 aliphatic heterocycles. The van der Waals surface area contributed by atoms with Gasteiger partial charge in [-0.05, 0) is 30.0 Å². The molecular weight excluding hydrogens is 282 g/mol. The maximum atomic E-state index is 10.8. The number of hydrogen-bond acceptors (Lipinski definition) is 1. The predicted octanol–water partition coefficient (Wildman–Crippen LogP) is 5.01. The van der Waals surface area contributed by atoms with Crippen LogP contribution in [0.3, 0.4) is 0 Å². The predicted molar refractivity (Wildman–Crippen MR) is 71.4 cm³/mol. The molecule has 5 heteroatoms. The number of carbonyl (C=O) groups is 1. The second-order valence-electron chi connectivity index (χ2n) is 3.84. The van der Waals surface area contributed by atoms with Crippen LogP contribution in [-0.2, 0) is 4.79 Å². The SMILES string of the molecule is CCCC(CC(=O)O)c1c(Cl)ccc(Cl)c1Cl. The fraction of sp³-hybridized carbons (Fsp3) is 0.417. The van der Waals surface area contributed by atoms with Crippen molar-refractivity contribution in [3.05, 3.63) is 32.8 Å². The first-order chi connectivity index (χ1) is 7.97. The highest BCUT2D eigenvalue weighted by Gasteiger charge is 2.21. The van der Waals surface area contributed by atoms with Crippen molar-refractivity contribution < 1.29 is 9.90 Å². The summed E-state index contributed by atoms with van der Waals surface area (Å²) in [7, 11) is 0. The highest BCUT2D eigenvalue weighted by Crippen LogP contribution is 2.39. The summed E-state index contributed by atoms with van der Waals surface area (Å²) < 4.78 is 0. The van der Waals surface area contributed by atoms with Crippen LogP contribution in [0.25, 0.3) is 0 Å². The van der Waals surface area contributed by atoms with Gasteiger partial charge in [0.25, 0.3) is 0 Å². The first kappa shape index (κ1) is 14.6. The third kappa shape index (κ3) is 3.77. The van der Waals surface area contributed by atoms with E-state index in [1.165, 1.54) is 0 Å². The number of halogens is 3. The molecule has 0 aliphatic carbocycles. The largest absolute Gasteiger partial charge is 0.481 e. The molecule has 17 heavy (non-hydrogen) atoms. The van der Waals surface area contributed by atoms with Gasteiger partial charge in [0.1, 0.15) is 0 Å². The van der Waals surface area contributed by atoms with E-state index >= 15 is 0 Å². The Kier molecular flexibility index (Phi) is 5.57. The average molecular weight is 296 g/mol. The van der Waals surface area contributed by atoms with Gasteiger partial charge in [-0.1, -0.05) is 48.1 Å². The van der Waals surface area contributed by atoms with Gasteiger partial charge in [-0.3, -0.25) is 4.79 Å². The first-order valence-electron chi connectivity index (χ1n) is 5.32. The minimum atomic E-state index is -0.865. The van der Waals surface area contributed by atoms with Gasteiger partial charge in [-0.25, -0.2) is 0 Å². The molecule has 1 atom stereocenters. The summed E-state index contributed by atoms with van der Waals surface area (Å²) in [5, 5.41) is 10.1. The first-order valence-corrected chi connectivity index (χ1v) is 6.46. The Morgan fingerprint density at radius 2 is 1.88 bits per heavy atom. The van der Waals surface area contributed by atoms with Gasteiger partial charge in [0.05, 0.1) is 16.5 Å². The Hall–Kier alpha value is -0.440. The number of aliphatic carboxylic acids is 1. The van der Waals surface area contributed by atoms with E-state index < -0.39 is 5.97 Å². The summed E-state index contributed by atoms with van der Waals surface area (Å²) in [6.07, 6.45) is 1.58. The summed E-state index contributed by atoms with van der Waals surface area (Å²) in [6.45, 7) is 1.99. The Morgan fingerprint density at radius 3 is 2.41 bits per heavy atom. The van der Waals surface area contributed by atoms with Crippen molar-refractivity contribution in [1.29, 1.82) is 0 Å². The molecular formula is C12H13Cl3O2. The van der Waals surface area contributed by atoms with Gasteiger partial charge < -0.3 is 5.11 Å². The molecule has 0 amide bonds. The van der Waals surface area contributed by atoms with Crippen molar-refractivity contribution >= 4 is 40.8 Å². The molecule has 0 radical (unpaired) electrons. The molecule has 0 spiro atoms. The number of carboxylic acids is 1. The van der Waals surface area contributed by atoms with Crippen LogP contribution in [0.4, 0.5) is 0 Å². The molecule has 1 rings (SSSR count). The third-order valence-electron chi connectivity index (χ3n) is 2.55. The lowest BCUT2D eigenvalue weighted by molar-refractivity contribution is -0.137. The van der Waals surface area contributed by atoms with Crippen molar-refractivity contribution in [2.24, 2.45) is 0 Å². The van der Waals surface area contributed by atoms with Crippen molar-refractivity contribution in [1.82, 2.24) is 0 Å². The Bertz CT molecular complexity index is 418. The average Bonchev–Trinajstić information content (AvgIpc) is 2.23. The molecule has 94 valence electrons. The van der Waals surface area contributed by atoms with Gasteiger partial charge in [0, 0.05) is 5.02 Å². The van der Waals surface area contributed by atoms with E-state index in [2.05, 4.69) is 0 Å². The van der Waals surface area contributed by atoms with Crippen molar-refractivity contribution in [2.45, 2.75) is 32.1 Å². The molecule has 0 bridgehead atoms. The van der Waals surface area contributed by atoms with E-state index in [0.29, 0.717) is 27.1 Å². The van der Waals surface area contributed by atoms with Crippen molar-refractivity contribution in [3.8, 4) is 0 Å². The second kappa shape index (κ2) is 6.48. The molecule has 0 aromatic heterocycles. The van der Waals surface area contributed by atoms with E-state index in [-0.39, 0.29) is 12.3 Å². The van der Waals surface area contributed by atoms with E-state index in [1.807, 2.05) is 6.92 Å². The Labute approximate surface area is 115 Å². The molecule has 2 nitrogen and oxygen atoms in total.